The maximum atomic E-state index is 12.9. The second-order valence-electron chi connectivity index (χ2n) is 7.82. The molecule has 6 nitrogen and oxygen atoms in total. The second kappa shape index (κ2) is 6.08. The van der Waals surface area contributed by atoms with Crippen LogP contribution in [0.15, 0.2) is 45.8 Å². The van der Waals surface area contributed by atoms with E-state index in [1.54, 1.807) is 31.3 Å². The topological polar surface area (TPSA) is 77.1 Å². The maximum Gasteiger partial charge on any atom is 0.264 e. The summed E-state index contributed by atoms with van der Waals surface area (Å²) in [5, 5.41) is 8.29. The third kappa shape index (κ3) is 2.67. The van der Waals surface area contributed by atoms with E-state index in [9.17, 15) is 9.59 Å². The van der Waals surface area contributed by atoms with Crippen molar-refractivity contribution in [3.8, 4) is 5.82 Å². The van der Waals surface area contributed by atoms with E-state index in [1.165, 1.54) is 23.8 Å². The minimum absolute atomic E-state index is 0.0889. The van der Waals surface area contributed by atoms with Crippen LogP contribution in [0.3, 0.4) is 0 Å². The number of nitrogens with zero attached hydrogens (tertiary/aromatic N) is 2. The Balaban J connectivity index is 1.49. The zero-order valence-corrected chi connectivity index (χ0v) is 15.1. The van der Waals surface area contributed by atoms with Gasteiger partial charge < -0.3 is 9.84 Å². The maximum absolute atomic E-state index is 12.9. The molecule has 1 aromatic carbocycles. The summed E-state index contributed by atoms with van der Waals surface area (Å²) in [6.45, 7) is 1.78. The molecule has 2 aliphatic carbocycles. The number of carbonyl (C=O) groups is 1. The molecular weight excluding hydrogens is 342 g/mol. The Morgan fingerprint density at radius 1 is 1.22 bits per heavy atom. The number of carbonyl (C=O) groups excluding carboxylic acids is 1. The van der Waals surface area contributed by atoms with Gasteiger partial charge in [-0.3, -0.25) is 14.2 Å². The van der Waals surface area contributed by atoms with Crippen LogP contribution < -0.4 is 10.9 Å². The van der Waals surface area contributed by atoms with Crippen molar-refractivity contribution in [2.75, 3.05) is 5.32 Å². The molecule has 0 aliphatic heterocycles. The van der Waals surface area contributed by atoms with Gasteiger partial charge in [0.05, 0.1) is 0 Å². The fourth-order valence-electron chi connectivity index (χ4n) is 4.83. The second-order valence-corrected chi connectivity index (χ2v) is 7.82. The van der Waals surface area contributed by atoms with Crippen molar-refractivity contribution in [3.63, 3.8) is 0 Å². The standard InChI is InChI=1S/C21H21N3O3/c1-12-9-19(23-27-12)24-8-7-15-16(21(24)26)3-2-4-18(15)22-20(25)17-11-13-5-6-14(17)10-13/h2-4,7-9,13-14,17H,5-6,10-11H2,1H3,(H,22,25)/t13-,14+,17?/m0/s1. The number of aryl methyl sites for hydroxylation is 1. The third-order valence-corrected chi connectivity index (χ3v) is 6.14. The summed E-state index contributed by atoms with van der Waals surface area (Å²) in [4.78, 5) is 25.7. The average molecular weight is 363 g/mol. The molecule has 3 aromatic rings. The van der Waals surface area contributed by atoms with E-state index < -0.39 is 0 Å². The molecule has 0 radical (unpaired) electrons. The first-order valence-electron chi connectivity index (χ1n) is 9.49. The van der Waals surface area contributed by atoms with Gasteiger partial charge in [-0.15, -0.1) is 0 Å². The van der Waals surface area contributed by atoms with Crippen molar-refractivity contribution < 1.29 is 9.32 Å². The number of fused-ring (bicyclic) bond motifs is 3. The average Bonchev–Trinajstić information content (AvgIpc) is 3.39. The molecule has 138 valence electrons. The van der Waals surface area contributed by atoms with Gasteiger partial charge in [0.2, 0.25) is 5.91 Å². The highest BCUT2D eigenvalue weighted by atomic mass is 16.5. The lowest BCUT2D eigenvalue weighted by molar-refractivity contribution is -0.121. The fourth-order valence-corrected chi connectivity index (χ4v) is 4.83. The molecule has 6 heteroatoms. The van der Waals surface area contributed by atoms with E-state index in [0.717, 1.165) is 17.7 Å². The number of hydrogen-bond donors (Lipinski definition) is 1. The molecule has 2 aromatic heterocycles. The third-order valence-electron chi connectivity index (χ3n) is 6.14. The van der Waals surface area contributed by atoms with E-state index in [4.69, 9.17) is 4.52 Å². The summed E-state index contributed by atoms with van der Waals surface area (Å²) >= 11 is 0. The van der Waals surface area contributed by atoms with Gasteiger partial charge in [-0.2, -0.15) is 0 Å². The quantitative estimate of drug-likeness (QED) is 0.770. The van der Waals surface area contributed by atoms with Crippen molar-refractivity contribution in [2.45, 2.75) is 32.6 Å². The molecule has 3 atom stereocenters. The van der Waals surface area contributed by atoms with Crippen LogP contribution in [0.4, 0.5) is 5.69 Å². The van der Waals surface area contributed by atoms with Gasteiger partial charge in [0.1, 0.15) is 5.76 Å². The highest BCUT2D eigenvalue weighted by Crippen LogP contribution is 2.48. The Kier molecular flexibility index (Phi) is 3.67. The molecule has 5 rings (SSSR count). The van der Waals surface area contributed by atoms with Crippen LogP contribution in [0.1, 0.15) is 31.4 Å². The van der Waals surface area contributed by atoms with Crippen LogP contribution in [-0.4, -0.2) is 15.6 Å². The van der Waals surface area contributed by atoms with E-state index in [-0.39, 0.29) is 17.4 Å². The van der Waals surface area contributed by atoms with Crippen LogP contribution in [0.2, 0.25) is 0 Å². The Hall–Kier alpha value is -2.89. The van der Waals surface area contributed by atoms with Crippen LogP contribution in [0.25, 0.3) is 16.6 Å². The Morgan fingerprint density at radius 3 is 2.81 bits per heavy atom. The first-order valence-corrected chi connectivity index (χ1v) is 9.49. The number of hydrogen-bond acceptors (Lipinski definition) is 4. The van der Waals surface area contributed by atoms with Crippen LogP contribution >= 0.6 is 0 Å². The molecule has 2 bridgehead atoms. The number of aromatic nitrogens is 2. The van der Waals surface area contributed by atoms with E-state index in [1.807, 2.05) is 12.1 Å². The van der Waals surface area contributed by atoms with E-state index in [0.29, 0.717) is 28.6 Å². The Bertz CT molecular complexity index is 1100. The summed E-state index contributed by atoms with van der Waals surface area (Å²) in [7, 11) is 0. The number of pyridine rings is 1. The SMILES string of the molecule is Cc1cc(-n2ccc3c(NC(=O)C4C[C@H]5CC[C@@H]4C5)cccc3c2=O)no1. The number of nitrogens with one attached hydrogen (secondary N) is 1. The van der Waals surface area contributed by atoms with Crippen LogP contribution in [0.5, 0.6) is 0 Å². The lowest BCUT2D eigenvalue weighted by atomic mass is 9.88. The molecule has 0 saturated heterocycles. The summed E-state index contributed by atoms with van der Waals surface area (Å²) in [6.07, 6.45) is 6.30. The smallest absolute Gasteiger partial charge is 0.264 e. The summed E-state index contributed by atoms with van der Waals surface area (Å²) in [5.41, 5.74) is 0.512. The molecule has 1 N–H and O–H groups in total. The molecule has 2 heterocycles. The molecule has 1 unspecified atom stereocenters. The Morgan fingerprint density at radius 2 is 2.11 bits per heavy atom. The number of amides is 1. The number of anilines is 1. The largest absolute Gasteiger partial charge is 0.360 e. The van der Waals surface area contributed by atoms with Crippen LogP contribution in [0, 0.1) is 24.7 Å². The fraction of sp³-hybridized carbons (Fsp3) is 0.381. The molecule has 2 aliphatic rings. The van der Waals surface area contributed by atoms with Gasteiger partial charge in [0.15, 0.2) is 5.82 Å². The van der Waals surface area contributed by atoms with Crippen molar-refractivity contribution in [2.24, 2.45) is 17.8 Å². The minimum atomic E-state index is -0.183. The van der Waals surface area contributed by atoms with Crippen LogP contribution in [-0.2, 0) is 4.79 Å². The monoisotopic (exact) mass is 363 g/mol. The first-order chi connectivity index (χ1) is 13.1. The highest BCUT2D eigenvalue weighted by molar-refractivity contribution is 6.02. The van der Waals surface area contributed by atoms with Crippen molar-refractivity contribution in [3.05, 3.63) is 52.6 Å². The Labute approximate surface area is 156 Å². The van der Waals surface area contributed by atoms with Gasteiger partial charge in [-0.1, -0.05) is 17.6 Å². The number of benzene rings is 1. The lowest BCUT2D eigenvalue weighted by Crippen LogP contribution is -2.27. The van der Waals surface area contributed by atoms with Gasteiger partial charge in [0.25, 0.3) is 5.56 Å². The molecule has 2 fully saturated rings. The van der Waals surface area contributed by atoms with Crippen molar-refractivity contribution in [1.82, 2.24) is 9.72 Å². The minimum Gasteiger partial charge on any atom is -0.360 e. The van der Waals surface area contributed by atoms with E-state index >= 15 is 0 Å². The molecule has 1 amide bonds. The summed E-state index contributed by atoms with van der Waals surface area (Å²) < 4.78 is 6.54. The zero-order valence-electron chi connectivity index (χ0n) is 15.1. The summed E-state index contributed by atoms with van der Waals surface area (Å²) in [5.74, 6) is 2.54. The van der Waals surface area contributed by atoms with Gasteiger partial charge in [0, 0.05) is 34.6 Å². The zero-order chi connectivity index (χ0) is 18.5. The van der Waals surface area contributed by atoms with Gasteiger partial charge in [-0.05, 0) is 56.2 Å². The predicted octanol–water partition coefficient (Wildman–Crippen LogP) is 3.66. The number of rotatable bonds is 3. The molecular formula is C21H21N3O3. The van der Waals surface area contributed by atoms with Gasteiger partial charge >= 0.3 is 0 Å². The molecule has 27 heavy (non-hydrogen) atoms. The predicted molar refractivity (Wildman–Crippen MR) is 102 cm³/mol. The lowest BCUT2D eigenvalue weighted by Gasteiger charge is -2.21. The van der Waals surface area contributed by atoms with Crippen molar-refractivity contribution in [1.29, 1.82) is 0 Å². The summed E-state index contributed by atoms with van der Waals surface area (Å²) in [6, 6.07) is 9.00. The first kappa shape index (κ1) is 16.3. The normalized spacial score (nSPS) is 23.8. The van der Waals surface area contributed by atoms with E-state index in [2.05, 4.69) is 10.5 Å². The van der Waals surface area contributed by atoms with Crippen molar-refractivity contribution >= 4 is 22.4 Å². The highest BCUT2D eigenvalue weighted by Gasteiger charge is 2.43. The molecule has 2 saturated carbocycles. The van der Waals surface area contributed by atoms with Gasteiger partial charge in [-0.25, -0.2) is 0 Å². The molecule has 0 spiro atoms.